The van der Waals surface area contributed by atoms with E-state index in [1.807, 2.05) is 53.4 Å². The van der Waals surface area contributed by atoms with Crippen LogP contribution in [-0.2, 0) is 11.3 Å². The fraction of sp³-hybridized carbons (Fsp3) is 0.381. The molecule has 0 saturated carbocycles. The van der Waals surface area contributed by atoms with E-state index in [4.69, 9.17) is 4.74 Å². The lowest BCUT2D eigenvalue weighted by molar-refractivity contribution is 0.0773. The zero-order valence-corrected chi connectivity index (χ0v) is 14.7. The van der Waals surface area contributed by atoms with Crippen molar-refractivity contribution in [3.05, 3.63) is 66.2 Å². The van der Waals surface area contributed by atoms with E-state index in [0.29, 0.717) is 18.6 Å². The summed E-state index contributed by atoms with van der Waals surface area (Å²) in [6.45, 7) is 4.05. The number of likely N-dealkylation sites (tertiary alicyclic amines) is 1. The highest BCUT2D eigenvalue weighted by atomic mass is 16.6. The maximum Gasteiger partial charge on any atom is 0.410 e. The monoisotopic (exact) mass is 338 g/mol. The maximum absolute atomic E-state index is 12.4. The number of carbonyl (C=O) groups excluding carboxylic acids is 1. The van der Waals surface area contributed by atoms with E-state index < -0.39 is 0 Å². The van der Waals surface area contributed by atoms with Gasteiger partial charge in [-0.05, 0) is 43.4 Å². The van der Waals surface area contributed by atoms with Crippen molar-refractivity contribution >= 4 is 11.8 Å². The molecule has 0 bridgehead atoms. The fourth-order valence-electron chi connectivity index (χ4n) is 3.31. The number of nitrogens with zero attached hydrogens (tertiary/aromatic N) is 1. The summed E-state index contributed by atoms with van der Waals surface area (Å²) in [4.78, 5) is 14.2. The zero-order chi connectivity index (χ0) is 17.5. The predicted molar refractivity (Wildman–Crippen MR) is 100 cm³/mol. The Balaban J connectivity index is 1.50. The average Bonchev–Trinajstić information content (AvgIpc) is 2.68. The molecule has 2 aromatic carbocycles. The van der Waals surface area contributed by atoms with Crippen molar-refractivity contribution in [3.8, 4) is 0 Å². The first kappa shape index (κ1) is 17.3. The summed E-state index contributed by atoms with van der Waals surface area (Å²) in [5, 5.41) is 3.55. The largest absolute Gasteiger partial charge is 0.445 e. The van der Waals surface area contributed by atoms with Gasteiger partial charge in [0.2, 0.25) is 0 Å². The normalized spacial score (nSPS) is 18.4. The highest BCUT2D eigenvalue weighted by Crippen LogP contribution is 2.23. The van der Waals surface area contributed by atoms with Crippen LogP contribution in [0.15, 0.2) is 60.7 Å². The number of carbonyl (C=O) groups is 1. The molecule has 1 amide bonds. The third-order valence-electron chi connectivity index (χ3n) is 4.80. The Labute approximate surface area is 149 Å². The Kier molecular flexibility index (Phi) is 5.94. The summed E-state index contributed by atoms with van der Waals surface area (Å²) >= 11 is 0. The summed E-state index contributed by atoms with van der Waals surface area (Å²) in [7, 11) is 0. The third kappa shape index (κ3) is 4.99. The third-order valence-corrected chi connectivity index (χ3v) is 4.80. The lowest BCUT2D eigenvalue weighted by atomic mass is 9.91. The number of ether oxygens (including phenoxy) is 1. The van der Waals surface area contributed by atoms with Crippen molar-refractivity contribution in [1.29, 1.82) is 0 Å². The Morgan fingerprint density at radius 1 is 1.16 bits per heavy atom. The molecule has 1 aliphatic heterocycles. The van der Waals surface area contributed by atoms with Crippen LogP contribution in [0.2, 0.25) is 0 Å². The van der Waals surface area contributed by atoms with Crippen LogP contribution in [0.4, 0.5) is 10.5 Å². The quantitative estimate of drug-likeness (QED) is 0.870. The lowest BCUT2D eigenvalue weighted by Crippen LogP contribution is -2.44. The molecule has 25 heavy (non-hydrogen) atoms. The first-order valence-corrected chi connectivity index (χ1v) is 8.99. The molecular weight excluding hydrogens is 312 g/mol. The van der Waals surface area contributed by atoms with Crippen molar-refractivity contribution in [2.24, 2.45) is 5.92 Å². The molecule has 0 spiro atoms. The van der Waals surface area contributed by atoms with E-state index in [0.717, 1.165) is 37.2 Å². The molecule has 0 radical (unpaired) electrons. The highest BCUT2D eigenvalue weighted by molar-refractivity contribution is 5.67. The van der Waals surface area contributed by atoms with E-state index in [1.165, 1.54) is 0 Å². The van der Waals surface area contributed by atoms with Crippen LogP contribution in [0.25, 0.3) is 0 Å². The minimum atomic E-state index is -0.208. The molecule has 1 saturated heterocycles. The number of para-hydroxylation sites is 1. The number of hydrogen-bond acceptors (Lipinski definition) is 3. The van der Waals surface area contributed by atoms with Gasteiger partial charge in [-0.25, -0.2) is 4.79 Å². The van der Waals surface area contributed by atoms with Gasteiger partial charge in [-0.2, -0.15) is 0 Å². The summed E-state index contributed by atoms with van der Waals surface area (Å²) in [6.07, 6.45) is 1.94. The van der Waals surface area contributed by atoms with Gasteiger partial charge in [-0.15, -0.1) is 0 Å². The second kappa shape index (κ2) is 8.56. The summed E-state index contributed by atoms with van der Waals surface area (Å²) in [5.41, 5.74) is 2.14. The van der Waals surface area contributed by atoms with Crippen LogP contribution in [0, 0.1) is 5.92 Å². The summed E-state index contributed by atoms with van der Waals surface area (Å²) in [5.74, 6) is 0.429. The molecule has 1 heterocycles. The van der Waals surface area contributed by atoms with E-state index in [-0.39, 0.29) is 6.09 Å². The van der Waals surface area contributed by atoms with Gasteiger partial charge in [0, 0.05) is 24.8 Å². The number of hydrogen-bond donors (Lipinski definition) is 1. The number of piperidine rings is 1. The SMILES string of the molecule is C[C@H](Nc1ccccc1)[C@H]1CCCN(C(=O)OCc2ccccc2)C1. The predicted octanol–water partition coefficient (Wildman–Crippen LogP) is 4.54. The average molecular weight is 338 g/mol. The lowest BCUT2D eigenvalue weighted by Gasteiger charge is -2.35. The second-order valence-electron chi connectivity index (χ2n) is 6.69. The van der Waals surface area contributed by atoms with Crippen LogP contribution in [0.3, 0.4) is 0 Å². The van der Waals surface area contributed by atoms with Gasteiger partial charge in [0.05, 0.1) is 0 Å². The molecule has 3 rings (SSSR count). The molecule has 1 fully saturated rings. The van der Waals surface area contributed by atoms with E-state index in [9.17, 15) is 4.79 Å². The van der Waals surface area contributed by atoms with Crippen LogP contribution >= 0.6 is 0 Å². The summed E-state index contributed by atoms with van der Waals surface area (Å²) in [6, 6.07) is 20.3. The second-order valence-corrected chi connectivity index (χ2v) is 6.69. The molecule has 0 aliphatic carbocycles. The molecule has 2 atom stereocenters. The Hall–Kier alpha value is -2.49. The van der Waals surface area contributed by atoms with Crippen molar-refractivity contribution in [2.75, 3.05) is 18.4 Å². The van der Waals surface area contributed by atoms with E-state index in [2.05, 4.69) is 24.4 Å². The number of anilines is 1. The van der Waals surface area contributed by atoms with Gasteiger partial charge >= 0.3 is 6.09 Å². The van der Waals surface area contributed by atoms with Crippen LogP contribution in [-0.4, -0.2) is 30.1 Å². The highest BCUT2D eigenvalue weighted by Gasteiger charge is 2.28. The van der Waals surface area contributed by atoms with Gasteiger partial charge in [-0.3, -0.25) is 0 Å². The Morgan fingerprint density at radius 3 is 2.56 bits per heavy atom. The number of amides is 1. The molecule has 0 unspecified atom stereocenters. The number of benzene rings is 2. The van der Waals surface area contributed by atoms with E-state index in [1.54, 1.807) is 0 Å². The van der Waals surface area contributed by atoms with E-state index >= 15 is 0 Å². The molecule has 1 aliphatic rings. The van der Waals surface area contributed by atoms with Gasteiger partial charge < -0.3 is 15.0 Å². The zero-order valence-electron chi connectivity index (χ0n) is 14.7. The molecular formula is C21H26N2O2. The maximum atomic E-state index is 12.4. The van der Waals surface area contributed by atoms with Crippen molar-refractivity contribution in [2.45, 2.75) is 32.4 Å². The van der Waals surface area contributed by atoms with Crippen LogP contribution in [0.5, 0.6) is 0 Å². The van der Waals surface area contributed by atoms with Crippen molar-refractivity contribution < 1.29 is 9.53 Å². The minimum absolute atomic E-state index is 0.208. The standard InChI is InChI=1S/C21H26N2O2/c1-17(22-20-12-6-3-7-13-20)19-11-8-14-23(15-19)21(24)25-16-18-9-4-2-5-10-18/h2-7,9-10,12-13,17,19,22H,8,11,14-16H2,1H3/t17-,19-/m0/s1. The Morgan fingerprint density at radius 2 is 1.84 bits per heavy atom. The first-order chi connectivity index (χ1) is 12.2. The smallest absolute Gasteiger partial charge is 0.410 e. The van der Waals surface area contributed by atoms with Gasteiger partial charge in [-0.1, -0.05) is 48.5 Å². The minimum Gasteiger partial charge on any atom is -0.445 e. The fourth-order valence-corrected chi connectivity index (χ4v) is 3.31. The van der Waals surface area contributed by atoms with Gasteiger partial charge in [0.25, 0.3) is 0 Å². The van der Waals surface area contributed by atoms with Crippen LogP contribution < -0.4 is 5.32 Å². The number of nitrogens with one attached hydrogen (secondary N) is 1. The molecule has 1 N–H and O–H groups in total. The van der Waals surface area contributed by atoms with Crippen molar-refractivity contribution in [1.82, 2.24) is 4.90 Å². The molecule has 4 nitrogen and oxygen atoms in total. The molecule has 2 aromatic rings. The van der Waals surface area contributed by atoms with Crippen molar-refractivity contribution in [3.63, 3.8) is 0 Å². The summed E-state index contributed by atoms with van der Waals surface area (Å²) < 4.78 is 5.48. The molecule has 0 aromatic heterocycles. The number of rotatable bonds is 5. The molecule has 132 valence electrons. The van der Waals surface area contributed by atoms with Gasteiger partial charge in [0.1, 0.15) is 6.61 Å². The molecule has 4 heteroatoms. The topological polar surface area (TPSA) is 41.6 Å². The first-order valence-electron chi connectivity index (χ1n) is 8.99. The van der Waals surface area contributed by atoms with Crippen LogP contribution in [0.1, 0.15) is 25.3 Å². The van der Waals surface area contributed by atoms with Gasteiger partial charge in [0.15, 0.2) is 0 Å². The Bertz CT molecular complexity index is 660.